The summed E-state index contributed by atoms with van der Waals surface area (Å²) in [5, 5.41) is 0. The van der Waals surface area contributed by atoms with Gasteiger partial charge in [-0.05, 0) is 94.7 Å². The molecule has 0 bridgehead atoms. The summed E-state index contributed by atoms with van der Waals surface area (Å²) in [6.45, 7) is 3.31. The first-order valence-corrected chi connectivity index (χ1v) is 17.1. The van der Waals surface area contributed by atoms with Gasteiger partial charge < -0.3 is 6.42 Å². The highest BCUT2D eigenvalue weighted by Crippen LogP contribution is 1.64. The van der Waals surface area contributed by atoms with E-state index in [0.717, 1.165) is 0 Å². The maximum Gasteiger partial charge on any atom is 0 e. The lowest BCUT2D eigenvalue weighted by molar-refractivity contribution is 2.31. The third kappa shape index (κ3) is 52.9. The van der Waals surface area contributed by atoms with E-state index in [2.05, 4.69) is 398 Å². The van der Waals surface area contributed by atoms with Crippen LogP contribution in [0.5, 0.6) is 0 Å². The molecule has 0 aromatic heterocycles. The van der Waals surface area contributed by atoms with Crippen molar-refractivity contribution in [2.75, 3.05) is 0 Å². The van der Waals surface area contributed by atoms with Crippen LogP contribution in [0.1, 0.15) is 0 Å². The molecule has 0 aliphatic carbocycles. The topological polar surface area (TPSA) is 0 Å². The van der Waals surface area contributed by atoms with E-state index in [9.17, 15) is 0 Å². The van der Waals surface area contributed by atoms with Gasteiger partial charge in [0.25, 0.3) is 0 Å². The van der Waals surface area contributed by atoms with Crippen molar-refractivity contribution >= 4 is 0 Å². The van der Waals surface area contributed by atoms with Crippen molar-refractivity contribution in [3.8, 4) is 397 Å². The van der Waals surface area contributed by atoms with Crippen molar-refractivity contribution in [2.45, 2.75) is 0 Å². The van der Waals surface area contributed by atoms with Gasteiger partial charge in [0.15, 0.2) is 0 Å². The van der Waals surface area contributed by atoms with Crippen LogP contribution in [0.3, 0.4) is 0 Å². The molecule has 0 atom stereocenters. The standard InChI is InChI=1S/C69H2/c1-3-5-7-9-11-13-15-17-19-21-23-25-27-29-31-33-35-37-39-41-43-45-47-49-51-53-55-57-59-61-63-65-67-69-68-66-64-62-60-58-56-54-52-50-48-46-44-42-40-38-36-34-32-30-28-26-24-22-20-18-16-14-12-10-8-6-4-2/h1H2/q-2. The summed E-state index contributed by atoms with van der Waals surface area (Å²) >= 11 is 0. The molecule has 69 heavy (non-hydrogen) atoms. The highest BCUT2D eigenvalue weighted by molar-refractivity contribution is 5.52. The average Bonchev–Trinajstić information content (AvgIpc) is 3.36. The molecule has 0 aromatic carbocycles. The average molecular weight is 831 g/mol. The molecule has 0 nitrogen and oxygen atoms in total. The van der Waals surface area contributed by atoms with Crippen molar-refractivity contribution in [2.24, 2.45) is 0 Å². The maximum absolute atomic E-state index is 6.58. The van der Waals surface area contributed by atoms with Gasteiger partial charge in [-0.3, -0.25) is 11.8 Å². The second kappa shape index (κ2) is 52.9. The van der Waals surface area contributed by atoms with Gasteiger partial charge in [0.1, 0.15) is 0 Å². The fourth-order valence-electron chi connectivity index (χ4n) is 2.04. The van der Waals surface area contributed by atoms with Crippen molar-refractivity contribution < 1.29 is 0 Å². The Morgan fingerprint density at radius 3 is 0.261 bits per heavy atom. The lowest BCUT2D eigenvalue weighted by Gasteiger charge is -1.64. The van der Waals surface area contributed by atoms with Crippen LogP contribution in [-0.4, -0.2) is 0 Å². The monoisotopic (exact) mass is 830 g/mol. The van der Waals surface area contributed by atoms with E-state index in [0.29, 0.717) is 0 Å². The summed E-state index contributed by atoms with van der Waals surface area (Å²) < 4.78 is 0. The molecule has 0 N–H and O–H groups in total. The number of hydrogen-bond donors (Lipinski definition) is 0. The molecule has 0 heteroatoms. The van der Waals surface area contributed by atoms with E-state index < -0.39 is 0 Å². The van der Waals surface area contributed by atoms with Gasteiger partial charge in [0.05, 0.1) is 0 Å². The summed E-state index contributed by atoms with van der Waals surface area (Å²) in [4.78, 5) is 0. The van der Waals surface area contributed by atoms with E-state index >= 15 is 0 Å². The van der Waals surface area contributed by atoms with Gasteiger partial charge in [-0.2, -0.15) is 6.92 Å². The Morgan fingerprint density at radius 1 is 0.116 bits per heavy atom. The number of rotatable bonds is 0. The predicted molar refractivity (Wildman–Crippen MR) is 269 cm³/mol. The van der Waals surface area contributed by atoms with Crippen molar-refractivity contribution in [1.29, 1.82) is 0 Å². The highest BCUT2D eigenvalue weighted by Gasteiger charge is 1.63. The zero-order valence-electron chi connectivity index (χ0n) is 34.7. The first-order chi connectivity index (χ1) is 34.4. The Bertz CT molecular complexity index is 4520. The first kappa shape index (κ1) is 53.9. The SMILES string of the molecule is [C-]#CC#CC#CC#CC#CC#CC#CC#CC#CC#CC#CC#CC#CC#CC#CC#CC#CC#CC#CC#CC#CC#CC#CC#CC#CC#CC#CC#CC#CC#CC#CC#CC#CC#C[CH2-]. The normalized spacial score (nSPS) is 3.93. The minimum atomic E-state index is 1.87. The lowest BCUT2D eigenvalue weighted by atomic mass is 10.4. The molecule has 280 valence electrons. The quantitative estimate of drug-likeness (QED) is 0.247. The van der Waals surface area contributed by atoms with Gasteiger partial charge in [0.2, 0.25) is 0 Å². The molecule has 0 saturated heterocycles. The van der Waals surface area contributed by atoms with Gasteiger partial charge in [0, 0.05) is 266 Å². The van der Waals surface area contributed by atoms with Crippen LogP contribution >= 0.6 is 0 Å². The molecule has 0 radical (unpaired) electrons. The van der Waals surface area contributed by atoms with Gasteiger partial charge in [-0.15, -0.1) is 11.8 Å². The molecule has 0 amide bonds. The zero-order chi connectivity index (χ0) is 49.4. The Labute approximate surface area is 408 Å². The largest absolute Gasteiger partial charge is 0.358 e. The van der Waals surface area contributed by atoms with E-state index in [-0.39, 0.29) is 0 Å². The van der Waals surface area contributed by atoms with Crippen LogP contribution in [0, 0.1) is 410 Å². The van der Waals surface area contributed by atoms with Gasteiger partial charge >= 0.3 is 0 Å². The molecule has 0 unspecified atom stereocenters. The third-order valence-electron chi connectivity index (χ3n) is 4.15. The maximum atomic E-state index is 6.58. The van der Waals surface area contributed by atoms with Crippen LogP contribution in [-0.2, 0) is 0 Å². The Balaban J connectivity index is 4.60. The minimum Gasteiger partial charge on any atom is -0.358 e. The second-order valence-electron chi connectivity index (χ2n) is 8.43. The lowest BCUT2D eigenvalue weighted by Crippen LogP contribution is -1.57. The van der Waals surface area contributed by atoms with Crippen LogP contribution in [0.15, 0.2) is 0 Å². The molecule has 0 spiro atoms. The van der Waals surface area contributed by atoms with Crippen LogP contribution in [0.4, 0.5) is 0 Å². The second-order valence-corrected chi connectivity index (χ2v) is 8.43. The first-order valence-electron chi connectivity index (χ1n) is 17.1. The summed E-state index contributed by atoms with van der Waals surface area (Å²) in [5.41, 5.74) is 0. The number of hydrogen-bond acceptors (Lipinski definition) is 0. The van der Waals surface area contributed by atoms with E-state index in [1.165, 1.54) is 0 Å². The van der Waals surface area contributed by atoms with E-state index in [1.54, 1.807) is 0 Å². The molecular weight excluding hydrogens is 829 g/mol. The smallest absolute Gasteiger partial charge is 0 e. The molecule has 0 aromatic rings. The van der Waals surface area contributed by atoms with Crippen molar-refractivity contribution in [3.63, 3.8) is 0 Å². The molecule has 0 aliphatic heterocycles. The van der Waals surface area contributed by atoms with E-state index in [1.807, 2.05) is 5.92 Å². The van der Waals surface area contributed by atoms with Crippen LogP contribution in [0.2, 0.25) is 0 Å². The van der Waals surface area contributed by atoms with Crippen molar-refractivity contribution in [1.82, 2.24) is 0 Å². The molecule has 0 aliphatic rings. The highest BCUT2D eigenvalue weighted by atomic mass is 13.6. The summed E-state index contributed by atoms with van der Waals surface area (Å²) in [5.74, 6) is 166. The zero-order valence-corrected chi connectivity index (χ0v) is 34.7. The van der Waals surface area contributed by atoms with Crippen LogP contribution < -0.4 is 0 Å². The fraction of sp³-hybridized carbons (Fsp3) is 0. The van der Waals surface area contributed by atoms with Crippen LogP contribution in [0.25, 0.3) is 0 Å². The van der Waals surface area contributed by atoms with E-state index in [4.69, 9.17) is 6.42 Å². The van der Waals surface area contributed by atoms with Gasteiger partial charge in [-0.25, -0.2) is 11.8 Å². The molecule has 0 fully saturated rings. The molecule has 0 rings (SSSR count). The Kier molecular flexibility index (Phi) is 41.3. The minimum absolute atomic E-state index is 1.87. The Morgan fingerprint density at radius 2 is 0.188 bits per heavy atom. The summed E-state index contributed by atoms with van der Waals surface area (Å²) in [7, 11) is 0. The van der Waals surface area contributed by atoms with Gasteiger partial charge in [-0.1, -0.05) is 0 Å². The predicted octanol–water partition coefficient (Wildman–Crippen LogP) is 0.522. The Hall–Kier alpha value is -15.1. The van der Waals surface area contributed by atoms with Crippen molar-refractivity contribution in [3.05, 3.63) is 13.3 Å². The summed E-state index contributed by atoms with van der Waals surface area (Å²) in [6, 6.07) is 0. The fourth-order valence-corrected chi connectivity index (χ4v) is 2.04. The third-order valence-corrected chi connectivity index (χ3v) is 4.15. The molecule has 0 heterocycles. The molecule has 0 saturated carbocycles. The molecular formula is C69H2-2. The summed E-state index contributed by atoms with van der Waals surface area (Å²) in [6.07, 6.45) is 6.58.